The molecule has 1 aliphatic heterocycles. The zero-order chi connectivity index (χ0) is 14.7. The summed E-state index contributed by atoms with van der Waals surface area (Å²) in [6.45, 7) is 4.42. The van der Waals surface area contributed by atoms with E-state index in [1.165, 1.54) is 29.9 Å². The van der Waals surface area contributed by atoms with Crippen LogP contribution in [0.15, 0.2) is 12.1 Å². The number of carbonyl (C=O) groups is 2. The highest BCUT2D eigenvalue weighted by Gasteiger charge is 2.36. The van der Waals surface area contributed by atoms with Crippen molar-refractivity contribution < 1.29 is 14.0 Å². The first-order chi connectivity index (χ1) is 9.56. The Labute approximate surface area is 118 Å². The number of carbonyl (C=O) groups excluding carboxylic acids is 2. The first kappa shape index (κ1) is 14.7. The minimum absolute atomic E-state index is 0.209. The van der Waals surface area contributed by atoms with Crippen LogP contribution in [-0.2, 0) is 4.79 Å². The predicted molar refractivity (Wildman–Crippen MR) is 76.6 cm³/mol. The van der Waals surface area contributed by atoms with Crippen molar-refractivity contribution in [3.8, 4) is 0 Å². The molecule has 0 saturated heterocycles. The van der Waals surface area contributed by atoms with E-state index in [0.717, 1.165) is 19.3 Å². The molecule has 0 N–H and O–H groups in total. The molecule has 4 heteroatoms. The van der Waals surface area contributed by atoms with E-state index in [2.05, 4.69) is 6.92 Å². The molecule has 0 atom stereocenters. The van der Waals surface area contributed by atoms with Crippen LogP contribution in [0, 0.1) is 12.7 Å². The second-order valence-corrected chi connectivity index (χ2v) is 5.32. The summed E-state index contributed by atoms with van der Waals surface area (Å²) in [7, 11) is 0. The number of benzene rings is 1. The Morgan fingerprint density at radius 2 is 1.80 bits per heavy atom. The molecule has 1 amide bonds. The summed E-state index contributed by atoms with van der Waals surface area (Å²) in [6, 6.07) is 2.54. The topological polar surface area (TPSA) is 37.4 Å². The number of halogens is 1. The van der Waals surface area contributed by atoms with Gasteiger partial charge in [0.25, 0.3) is 11.7 Å². The number of rotatable bonds is 6. The van der Waals surface area contributed by atoms with E-state index in [0.29, 0.717) is 17.8 Å². The molecule has 1 heterocycles. The van der Waals surface area contributed by atoms with E-state index in [1.807, 2.05) is 0 Å². The van der Waals surface area contributed by atoms with E-state index in [-0.39, 0.29) is 5.56 Å². The molecular weight excluding hydrogens is 257 g/mol. The van der Waals surface area contributed by atoms with Crippen LogP contribution >= 0.6 is 0 Å². The van der Waals surface area contributed by atoms with Crippen LogP contribution in [0.4, 0.5) is 10.1 Å². The molecule has 0 fully saturated rings. The maximum absolute atomic E-state index is 13.4. The fourth-order valence-electron chi connectivity index (χ4n) is 2.69. The fourth-order valence-corrected chi connectivity index (χ4v) is 2.69. The van der Waals surface area contributed by atoms with E-state index < -0.39 is 17.5 Å². The molecule has 0 aromatic heterocycles. The second-order valence-electron chi connectivity index (χ2n) is 5.32. The van der Waals surface area contributed by atoms with Gasteiger partial charge in [0, 0.05) is 6.54 Å². The highest BCUT2D eigenvalue weighted by atomic mass is 19.1. The van der Waals surface area contributed by atoms with Gasteiger partial charge in [0.2, 0.25) is 0 Å². The molecule has 20 heavy (non-hydrogen) atoms. The van der Waals surface area contributed by atoms with Gasteiger partial charge in [0.1, 0.15) is 5.82 Å². The number of fused-ring (bicyclic) bond motifs is 1. The van der Waals surface area contributed by atoms with Gasteiger partial charge < -0.3 is 4.90 Å². The number of aryl methyl sites for hydroxylation is 1. The summed E-state index contributed by atoms with van der Waals surface area (Å²) in [5.41, 5.74) is 1.45. The van der Waals surface area contributed by atoms with Crippen LogP contribution in [0.25, 0.3) is 0 Å². The zero-order valence-corrected chi connectivity index (χ0v) is 12.0. The van der Waals surface area contributed by atoms with E-state index in [1.54, 1.807) is 6.92 Å². The number of anilines is 1. The third kappa shape index (κ3) is 2.74. The molecule has 0 saturated carbocycles. The summed E-state index contributed by atoms with van der Waals surface area (Å²) in [6.07, 6.45) is 5.41. The molecule has 0 bridgehead atoms. The number of hydrogen-bond donors (Lipinski definition) is 0. The average Bonchev–Trinajstić information content (AvgIpc) is 2.64. The minimum atomic E-state index is -0.587. The number of nitrogens with zero attached hydrogens (tertiary/aromatic N) is 1. The maximum atomic E-state index is 13.4. The lowest BCUT2D eigenvalue weighted by Gasteiger charge is -2.18. The van der Waals surface area contributed by atoms with E-state index >= 15 is 0 Å². The van der Waals surface area contributed by atoms with Crippen LogP contribution in [0.2, 0.25) is 0 Å². The van der Waals surface area contributed by atoms with Crippen molar-refractivity contribution in [3.05, 3.63) is 29.1 Å². The summed E-state index contributed by atoms with van der Waals surface area (Å²) in [5, 5.41) is 0. The smallest absolute Gasteiger partial charge is 0.299 e. The van der Waals surface area contributed by atoms with Gasteiger partial charge in [0.05, 0.1) is 11.3 Å². The number of hydrogen-bond acceptors (Lipinski definition) is 2. The molecular formula is C16H20FNO2. The van der Waals surface area contributed by atoms with Crippen LogP contribution in [0.5, 0.6) is 0 Å². The highest BCUT2D eigenvalue weighted by molar-refractivity contribution is 6.52. The SMILES string of the molecule is CCCCCCCN1C(=O)C(=O)c2cc(F)cc(C)c21. The van der Waals surface area contributed by atoms with Gasteiger partial charge in [0.15, 0.2) is 0 Å². The molecule has 0 unspecified atom stereocenters. The van der Waals surface area contributed by atoms with Gasteiger partial charge in [-0.3, -0.25) is 9.59 Å². The third-order valence-corrected chi connectivity index (χ3v) is 3.70. The van der Waals surface area contributed by atoms with Crippen molar-refractivity contribution in [2.45, 2.75) is 46.0 Å². The lowest BCUT2D eigenvalue weighted by molar-refractivity contribution is -0.114. The fraction of sp³-hybridized carbons (Fsp3) is 0.500. The summed E-state index contributed by atoms with van der Waals surface area (Å²) in [4.78, 5) is 25.4. The monoisotopic (exact) mass is 277 g/mol. The Kier molecular flexibility index (Phi) is 4.53. The van der Waals surface area contributed by atoms with Gasteiger partial charge in [-0.25, -0.2) is 4.39 Å². The summed E-state index contributed by atoms with van der Waals surface area (Å²) >= 11 is 0. The largest absolute Gasteiger partial charge is 0.304 e. The van der Waals surface area contributed by atoms with Crippen molar-refractivity contribution in [1.82, 2.24) is 0 Å². The van der Waals surface area contributed by atoms with Gasteiger partial charge in [-0.15, -0.1) is 0 Å². The molecule has 0 aliphatic carbocycles. The number of amides is 1. The Morgan fingerprint density at radius 3 is 2.50 bits per heavy atom. The van der Waals surface area contributed by atoms with Crippen LogP contribution < -0.4 is 4.90 Å². The number of ketones is 1. The first-order valence-electron chi connectivity index (χ1n) is 7.22. The standard InChI is InChI=1S/C16H20FNO2/c1-3-4-5-6-7-8-18-14-11(2)9-12(17)10-13(14)15(19)16(18)20/h9-10H,3-8H2,1-2H3. The molecule has 0 radical (unpaired) electrons. The molecule has 1 aromatic rings. The van der Waals surface area contributed by atoms with E-state index in [9.17, 15) is 14.0 Å². The van der Waals surface area contributed by atoms with Crippen LogP contribution in [-0.4, -0.2) is 18.2 Å². The quantitative estimate of drug-likeness (QED) is 0.588. The molecule has 1 aromatic carbocycles. The Hall–Kier alpha value is -1.71. The lowest BCUT2D eigenvalue weighted by atomic mass is 10.1. The number of Topliss-reactive ketones (excluding diaryl/α,β-unsaturated/α-hetero) is 1. The van der Waals surface area contributed by atoms with Crippen molar-refractivity contribution >= 4 is 17.4 Å². The highest BCUT2D eigenvalue weighted by Crippen LogP contribution is 2.33. The van der Waals surface area contributed by atoms with E-state index in [4.69, 9.17) is 0 Å². The van der Waals surface area contributed by atoms with Gasteiger partial charge in [-0.2, -0.15) is 0 Å². The van der Waals surface area contributed by atoms with Gasteiger partial charge in [-0.05, 0) is 31.0 Å². The first-order valence-corrected chi connectivity index (χ1v) is 7.22. The predicted octanol–water partition coefficient (Wildman–Crippen LogP) is 3.63. The van der Waals surface area contributed by atoms with Crippen molar-refractivity contribution in [1.29, 1.82) is 0 Å². The van der Waals surface area contributed by atoms with Gasteiger partial charge in [-0.1, -0.05) is 32.6 Å². The van der Waals surface area contributed by atoms with Gasteiger partial charge >= 0.3 is 0 Å². The molecule has 2 rings (SSSR count). The maximum Gasteiger partial charge on any atom is 0.299 e. The summed E-state index contributed by atoms with van der Waals surface area (Å²) < 4.78 is 13.4. The molecule has 0 spiro atoms. The Bertz CT molecular complexity index is 540. The molecule has 1 aliphatic rings. The van der Waals surface area contributed by atoms with Crippen molar-refractivity contribution in [2.24, 2.45) is 0 Å². The minimum Gasteiger partial charge on any atom is -0.304 e. The Balaban J connectivity index is 2.12. The normalized spacial score (nSPS) is 14.1. The molecule has 3 nitrogen and oxygen atoms in total. The van der Waals surface area contributed by atoms with Crippen molar-refractivity contribution in [2.75, 3.05) is 11.4 Å². The molecule has 108 valence electrons. The number of unbranched alkanes of at least 4 members (excludes halogenated alkanes) is 4. The third-order valence-electron chi connectivity index (χ3n) is 3.70. The lowest BCUT2D eigenvalue weighted by Crippen LogP contribution is -2.31. The zero-order valence-electron chi connectivity index (χ0n) is 12.0. The van der Waals surface area contributed by atoms with Crippen LogP contribution in [0.1, 0.15) is 54.9 Å². The van der Waals surface area contributed by atoms with Crippen molar-refractivity contribution in [3.63, 3.8) is 0 Å². The second kappa shape index (κ2) is 6.16. The average molecular weight is 277 g/mol. The summed E-state index contributed by atoms with van der Waals surface area (Å²) in [5.74, 6) is -1.58. The van der Waals surface area contributed by atoms with Crippen LogP contribution in [0.3, 0.4) is 0 Å². The Morgan fingerprint density at radius 1 is 1.10 bits per heavy atom.